The molecule has 0 atom stereocenters. The van der Waals surface area contributed by atoms with Crippen LogP contribution in [0.2, 0.25) is 0 Å². The van der Waals surface area contributed by atoms with Crippen molar-refractivity contribution in [1.29, 1.82) is 0 Å². The molecule has 20 heavy (non-hydrogen) atoms. The minimum absolute atomic E-state index is 0.110. The zero-order valence-electron chi connectivity index (χ0n) is 11.1. The molecule has 2 aromatic rings. The average molecular weight is 285 g/mol. The van der Waals surface area contributed by atoms with Gasteiger partial charge in [-0.15, -0.1) is 11.3 Å². The van der Waals surface area contributed by atoms with E-state index in [1.165, 1.54) is 11.3 Å². The molecule has 1 aromatic heterocycles. The van der Waals surface area contributed by atoms with Crippen LogP contribution < -0.4 is 11.1 Å². The molecule has 1 heterocycles. The van der Waals surface area contributed by atoms with E-state index in [2.05, 4.69) is 22.1 Å². The van der Waals surface area contributed by atoms with E-state index in [0.29, 0.717) is 18.7 Å². The molecule has 0 bridgehead atoms. The molecule has 5 heteroatoms. The fraction of sp³-hybridized carbons (Fsp3) is 0.200. The third-order valence-electron chi connectivity index (χ3n) is 2.70. The Morgan fingerprint density at radius 2 is 2.35 bits per heavy atom. The smallest absolute Gasteiger partial charge is 0.251 e. The Morgan fingerprint density at radius 3 is 3.00 bits per heavy atom. The Hall–Kier alpha value is -2.16. The number of thiazole rings is 1. The van der Waals surface area contributed by atoms with E-state index in [1.807, 2.05) is 24.4 Å². The average Bonchev–Trinajstić information content (AvgIpc) is 2.96. The van der Waals surface area contributed by atoms with Gasteiger partial charge < -0.3 is 11.1 Å². The molecule has 0 aliphatic heterocycles. The zero-order chi connectivity index (χ0) is 14.4. The topological polar surface area (TPSA) is 68.0 Å². The first-order chi connectivity index (χ1) is 9.70. The second kappa shape index (κ2) is 6.85. The second-order valence-corrected chi connectivity index (χ2v) is 5.12. The number of aromatic nitrogens is 1. The predicted molar refractivity (Wildman–Crippen MR) is 80.4 cm³/mol. The fourth-order valence-corrected chi connectivity index (χ4v) is 2.25. The second-order valence-electron chi connectivity index (χ2n) is 4.14. The summed E-state index contributed by atoms with van der Waals surface area (Å²) in [6.45, 7) is 2.71. The van der Waals surface area contributed by atoms with Gasteiger partial charge in [-0.3, -0.25) is 4.79 Å². The van der Waals surface area contributed by atoms with E-state index < -0.39 is 0 Å². The molecule has 0 spiro atoms. The lowest BCUT2D eigenvalue weighted by molar-refractivity contribution is 0.0951. The zero-order valence-corrected chi connectivity index (χ0v) is 12.0. The van der Waals surface area contributed by atoms with Crippen LogP contribution in [0.3, 0.4) is 0 Å². The maximum absolute atomic E-state index is 12.0. The van der Waals surface area contributed by atoms with Crippen molar-refractivity contribution in [2.75, 3.05) is 6.54 Å². The van der Waals surface area contributed by atoms with E-state index in [0.717, 1.165) is 16.1 Å². The van der Waals surface area contributed by atoms with Crippen LogP contribution >= 0.6 is 11.3 Å². The number of aryl methyl sites for hydroxylation is 1. The normalized spacial score (nSPS) is 9.70. The number of nitrogens with zero attached hydrogens (tertiary/aromatic N) is 1. The summed E-state index contributed by atoms with van der Waals surface area (Å²) in [6.07, 6.45) is 1.72. The molecule has 1 amide bonds. The molecular weight excluding hydrogens is 270 g/mol. The van der Waals surface area contributed by atoms with Crippen LogP contribution in [0, 0.1) is 18.8 Å². The van der Waals surface area contributed by atoms with Crippen molar-refractivity contribution in [2.45, 2.75) is 13.5 Å². The van der Waals surface area contributed by atoms with Crippen molar-refractivity contribution < 1.29 is 4.79 Å². The molecule has 0 aliphatic rings. The minimum atomic E-state index is -0.110. The summed E-state index contributed by atoms with van der Waals surface area (Å²) in [5.74, 6) is 5.68. The van der Waals surface area contributed by atoms with Crippen LogP contribution in [0.15, 0.2) is 29.8 Å². The van der Waals surface area contributed by atoms with Gasteiger partial charge in [0.1, 0.15) is 5.01 Å². The number of hydrogen-bond donors (Lipinski definition) is 2. The van der Waals surface area contributed by atoms with Gasteiger partial charge in [0.2, 0.25) is 0 Å². The lowest BCUT2D eigenvalue weighted by Crippen LogP contribution is -2.22. The molecule has 0 unspecified atom stereocenters. The molecule has 2 rings (SSSR count). The van der Waals surface area contributed by atoms with Gasteiger partial charge in [-0.25, -0.2) is 4.98 Å². The largest absolute Gasteiger partial charge is 0.346 e. The van der Waals surface area contributed by atoms with Crippen LogP contribution in [0.25, 0.3) is 0 Å². The Kier molecular flexibility index (Phi) is 4.88. The highest BCUT2D eigenvalue weighted by atomic mass is 32.1. The van der Waals surface area contributed by atoms with Gasteiger partial charge >= 0.3 is 0 Å². The number of carbonyl (C=O) groups is 1. The van der Waals surface area contributed by atoms with Crippen molar-refractivity contribution in [1.82, 2.24) is 10.3 Å². The van der Waals surface area contributed by atoms with Crippen LogP contribution in [0.5, 0.6) is 0 Å². The summed E-state index contributed by atoms with van der Waals surface area (Å²) in [6, 6.07) is 5.44. The standard InChI is InChI=1S/C15H15N3OS/c1-11-9-13(5-4-12(11)3-2-6-16)15(19)18-10-14-17-7-8-20-14/h4-5,7-9H,6,10,16H2,1H3,(H,18,19). The number of nitrogens with one attached hydrogen (secondary N) is 1. The number of amides is 1. The Bertz CT molecular complexity index is 653. The quantitative estimate of drug-likeness (QED) is 0.843. The van der Waals surface area contributed by atoms with Gasteiger partial charge in [0.15, 0.2) is 0 Å². The van der Waals surface area contributed by atoms with Crippen molar-refractivity contribution in [3.63, 3.8) is 0 Å². The Morgan fingerprint density at radius 1 is 1.50 bits per heavy atom. The first-order valence-corrected chi connectivity index (χ1v) is 7.05. The number of nitrogens with two attached hydrogens (primary N) is 1. The monoisotopic (exact) mass is 285 g/mol. The highest BCUT2D eigenvalue weighted by molar-refractivity contribution is 7.09. The molecule has 0 saturated carbocycles. The summed E-state index contributed by atoms with van der Waals surface area (Å²) in [7, 11) is 0. The SMILES string of the molecule is Cc1cc(C(=O)NCc2nccs2)ccc1C#CCN. The van der Waals surface area contributed by atoms with E-state index in [1.54, 1.807) is 12.3 Å². The van der Waals surface area contributed by atoms with Gasteiger partial charge in [0.05, 0.1) is 13.1 Å². The minimum Gasteiger partial charge on any atom is -0.346 e. The van der Waals surface area contributed by atoms with Crippen LogP contribution in [0.1, 0.15) is 26.5 Å². The van der Waals surface area contributed by atoms with Crippen molar-refractivity contribution in [3.8, 4) is 11.8 Å². The van der Waals surface area contributed by atoms with E-state index in [4.69, 9.17) is 5.73 Å². The maximum Gasteiger partial charge on any atom is 0.251 e. The van der Waals surface area contributed by atoms with Gasteiger partial charge in [-0.2, -0.15) is 0 Å². The summed E-state index contributed by atoms with van der Waals surface area (Å²) in [4.78, 5) is 16.1. The van der Waals surface area contributed by atoms with E-state index >= 15 is 0 Å². The summed E-state index contributed by atoms with van der Waals surface area (Å²) < 4.78 is 0. The lowest BCUT2D eigenvalue weighted by Gasteiger charge is -2.05. The number of carbonyl (C=O) groups excluding carboxylic acids is 1. The number of rotatable bonds is 3. The molecule has 0 fully saturated rings. The molecule has 0 radical (unpaired) electrons. The lowest BCUT2D eigenvalue weighted by atomic mass is 10.0. The van der Waals surface area contributed by atoms with Gasteiger partial charge in [0.25, 0.3) is 5.91 Å². The van der Waals surface area contributed by atoms with E-state index in [-0.39, 0.29) is 5.91 Å². The van der Waals surface area contributed by atoms with Crippen molar-refractivity contribution in [3.05, 3.63) is 51.5 Å². The van der Waals surface area contributed by atoms with Crippen molar-refractivity contribution >= 4 is 17.2 Å². The summed E-state index contributed by atoms with van der Waals surface area (Å²) in [5.41, 5.74) is 7.83. The summed E-state index contributed by atoms with van der Waals surface area (Å²) in [5, 5.41) is 5.62. The van der Waals surface area contributed by atoms with Crippen molar-refractivity contribution in [2.24, 2.45) is 5.73 Å². The molecular formula is C15H15N3OS. The van der Waals surface area contributed by atoms with Crippen LogP contribution in [-0.2, 0) is 6.54 Å². The number of benzene rings is 1. The Labute approximate surface area is 122 Å². The Balaban J connectivity index is 2.05. The first kappa shape index (κ1) is 14.3. The van der Waals surface area contributed by atoms with E-state index in [9.17, 15) is 4.79 Å². The van der Waals surface area contributed by atoms with Gasteiger partial charge in [-0.05, 0) is 30.7 Å². The predicted octanol–water partition coefficient (Wildman–Crippen LogP) is 1.69. The molecule has 102 valence electrons. The highest BCUT2D eigenvalue weighted by Crippen LogP contribution is 2.11. The maximum atomic E-state index is 12.0. The molecule has 0 saturated heterocycles. The fourth-order valence-electron chi connectivity index (χ4n) is 1.69. The first-order valence-electron chi connectivity index (χ1n) is 6.17. The van der Waals surface area contributed by atoms with Crippen LogP contribution in [0.4, 0.5) is 0 Å². The van der Waals surface area contributed by atoms with Gasteiger partial charge in [0, 0.05) is 22.7 Å². The molecule has 1 aromatic carbocycles. The molecule has 3 N–H and O–H groups in total. The third kappa shape index (κ3) is 3.67. The molecule has 0 aliphatic carbocycles. The number of hydrogen-bond acceptors (Lipinski definition) is 4. The van der Waals surface area contributed by atoms with Crippen LogP contribution in [-0.4, -0.2) is 17.4 Å². The summed E-state index contributed by atoms with van der Waals surface area (Å²) >= 11 is 1.52. The molecule has 4 nitrogen and oxygen atoms in total. The third-order valence-corrected chi connectivity index (χ3v) is 3.48. The van der Waals surface area contributed by atoms with Gasteiger partial charge in [-0.1, -0.05) is 11.8 Å². The highest BCUT2D eigenvalue weighted by Gasteiger charge is 2.07.